The van der Waals surface area contributed by atoms with Crippen molar-refractivity contribution < 1.29 is 24.4 Å². The zero-order valence-corrected chi connectivity index (χ0v) is 13.7. The molecule has 11 heteroatoms. The second kappa shape index (κ2) is 6.88. The number of nitro groups is 1. The van der Waals surface area contributed by atoms with Crippen LogP contribution in [-0.2, 0) is 9.53 Å². The molecule has 0 spiro atoms. The van der Waals surface area contributed by atoms with E-state index in [0.717, 1.165) is 0 Å². The lowest BCUT2D eigenvalue weighted by Gasteiger charge is -2.30. The number of amides is 1. The first-order valence-electron chi connectivity index (χ1n) is 7.69. The SMILES string of the molecule is Cc1c(C(=O)N2CCOC(C(=O)O)C2)nnn1-c1cccc([N+](=O)[O-])c1. The Labute approximate surface area is 146 Å². The number of nitro benzene ring substituents is 1. The molecule has 0 radical (unpaired) electrons. The number of aromatic nitrogens is 3. The molecule has 1 aliphatic rings. The minimum atomic E-state index is -1.14. The van der Waals surface area contributed by atoms with Gasteiger partial charge in [0.05, 0.1) is 29.5 Å². The Morgan fingerprint density at radius 3 is 2.88 bits per heavy atom. The summed E-state index contributed by atoms with van der Waals surface area (Å²) < 4.78 is 6.43. The zero-order chi connectivity index (χ0) is 18.8. The number of hydrogen-bond acceptors (Lipinski definition) is 7. The van der Waals surface area contributed by atoms with Gasteiger partial charge in [0, 0.05) is 18.7 Å². The first-order chi connectivity index (χ1) is 12.4. The van der Waals surface area contributed by atoms with E-state index in [-0.39, 0.29) is 31.1 Å². The average molecular weight is 361 g/mol. The predicted octanol–water partition coefficient (Wildman–Crippen LogP) is 0.410. The molecular weight excluding hydrogens is 346 g/mol. The fourth-order valence-electron chi connectivity index (χ4n) is 2.64. The van der Waals surface area contributed by atoms with Crippen molar-refractivity contribution in [1.82, 2.24) is 19.9 Å². The number of carbonyl (C=O) groups excluding carboxylic acids is 1. The lowest BCUT2D eigenvalue weighted by atomic mass is 10.2. The van der Waals surface area contributed by atoms with E-state index in [4.69, 9.17) is 9.84 Å². The monoisotopic (exact) mass is 361 g/mol. The minimum Gasteiger partial charge on any atom is -0.479 e. The maximum absolute atomic E-state index is 12.7. The molecule has 1 N–H and O–H groups in total. The standard InChI is InChI=1S/C15H15N5O6/c1-9-13(14(21)18-5-6-26-12(8-18)15(22)23)16-17-19(9)10-3-2-4-11(7-10)20(24)25/h2-4,7,12H,5-6,8H2,1H3,(H,22,23). The number of non-ortho nitro benzene ring substituents is 1. The lowest BCUT2D eigenvalue weighted by Crippen LogP contribution is -2.48. The van der Waals surface area contributed by atoms with Gasteiger partial charge in [-0.3, -0.25) is 14.9 Å². The summed E-state index contributed by atoms with van der Waals surface area (Å²) in [5.41, 5.74) is 0.743. The summed E-state index contributed by atoms with van der Waals surface area (Å²) in [6, 6.07) is 5.79. The Bertz CT molecular complexity index is 879. The van der Waals surface area contributed by atoms with Gasteiger partial charge in [-0.15, -0.1) is 5.10 Å². The van der Waals surface area contributed by atoms with Crippen LogP contribution in [0.3, 0.4) is 0 Å². The second-order valence-electron chi connectivity index (χ2n) is 5.66. The number of carboxylic acids is 1. The smallest absolute Gasteiger partial charge is 0.334 e. The maximum Gasteiger partial charge on any atom is 0.334 e. The quantitative estimate of drug-likeness (QED) is 0.610. The first kappa shape index (κ1) is 17.5. The van der Waals surface area contributed by atoms with Crippen LogP contribution in [0.25, 0.3) is 5.69 Å². The highest BCUT2D eigenvalue weighted by atomic mass is 16.6. The molecule has 1 saturated heterocycles. The molecule has 1 aromatic heterocycles. The van der Waals surface area contributed by atoms with Gasteiger partial charge < -0.3 is 14.7 Å². The van der Waals surface area contributed by atoms with Crippen molar-refractivity contribution in [3.8, 4) is 5.69 Å². The van der Waals surface area contributed by atoms with Crippen molar-refractivity contribution in [2.75, 3.05) is 19.7 Å². The third-order valence-corrected chi connectivity index (χ3v) is 4.01. The van der Waals surface area contributed by atoms with E-state index in [2.05, 4.69) is 10.3 Å². The van der Waals surface area contributed by atoms with Crippen molar-refractivity contribution in [3.05, 3.63) is 45.8 Å². The van der Waals surface area contributed by atoms with Crippen LogP contribution in [0.15, 0.2) is 24.3 Å². The highest BCUT2D eigenvalue weighted by Gasteiger charge is 2.31. The van der Waals surface area contributed by atoms with Gasteiger partial charge in [-0.25, -0.2) is 9.48 Å². The Hall–Kier alpha value is -3.34. The number of aliphatic carboxylic acids is 1. The Morgan fingerprint density at radius 1 is 1.42 bits per heavy atom. The summed E-state index contributed by atoms with van der Waals surface area (Å²) in [5.74, 6) is -1.60. The van der Waals surface area contributed by atoms with Crippen molar-refractivity contribution >= 4 is 17.6 Å². The highest BCUT2D eigenvalue weighted by Crippen LogP contribution is 2.19. The number of nitrogens with zero attached hydrogens (tertiary/aromatic N) is 5. The molecule has 1 aliphatic heterocycles. The number of benzene rings is 1. The molecule has 1 aromatic carbocycles. The molecule has 136 valence electrons. The van der Waals surface area contributed by atoms with Crippen LogP contribution in [-0.4, -0.2) is 67.6 Å². The van der Waals surface area contributed by atoms with E-state index < -0.39 is 22.9 Å². The number of morpholine rings is 1. The number of ether oxygens (including phenoxy) is 1. The topological polar surface area (TPSA) is 141 Å². The molecule has 0 bridgehead atoms. The van der Waals surface area contributed by atoms with Gasteiger partial charge in [-0.05, 0) is 13.0 Å². The van der Waals surface area contributed by atoms with Crippen molar-refractivity contribution in [3.63, 3.8) is 0 Å². The van der Waals surface area contributed by atoms with E-state index in [1.54, 1.807) is 13.0 Å². The van der Waals surface area contributed by atoms with E-state index in [1.807, 2.05) is 0 Å². The third-order valence-electron chi connectivity index (χ3n) is 4.01. The molecule has 26 heavy (non-hydrogen) atoms. The number of hydrogen-bond donors (Lipinski definition) is 1. The highest BCUT2D eigenvalue weighted by molar-refractivity contribution is 5.93. The molecular formula is C15H15N5O6. The minimum absolute atomic E-state index is 0.0579. The van der Waals surface area contributed by atoms with Gasteiger partial charge in [-0.2, -0.15) is 0 Å². The molecule has 2 heterocycles. The van der Waals surface area contributed by atoms with E-state index in [9.17, 15) is 19.7 Å². The molecule has 0 aliphatic carbocycles. The van der Waals surface area contributed by atoms with Gasteiger partial charge >= 0.3 is 5.97 Å². The number of rotatable bonds is 4. The molecule has 1 amide bonds. The second-order valence-corrected chi connectivity index (χ2v) is 5.66. The largest absolute Gasteiger partial charge is 0.479 e. The Kier molecular flexibility index (Phi) is 4.63. The van der Waals surface area contributed by atoms with Crippen molar-refractivity contribution in [1.29, 1.82) is 0 Å². The summed E-state index contributed by atoms with van der Waals surface area (Å²) in [4.78, 5) is 35.4. The zero-order valence-electron chi connectivity index (χ0n) is 13.7. The normalized spacial score (nSPS) is 17.1. The van der Waals surface area contributed by atoms with Gasteiger partial charge in [-0.1, -0.05) is 11.3 Å². The van der Waals surface area contributed by atoms with Crippen LogP contribution in [0.2, 0.25) is 0 Å². The van der Waals surface area contributed by atoms with Crippen LogP contribution in [0.5, 0.6) is 0 Å². The van der Waals surface area contributed by atoms with Gasteiger partial charge in [0.1, 0.15) is 0 Å². The van der Waals surface area contributed by atoms with E-state index >= 15 is 0 Å². The molecule has 11 nitrogen and oxygen atoms in total. The van der Waals surface area contributed by atoms with Crippen LogP contribution in [0, 0.1) is 17.0 Å². The fraction of sp³-hybridized carbons (Fsp3) is 0.333. The maximum atomic E-state index is 12.7. The van der Waals surface area contributed by atoms with Gasteiger partial charge in [0.15, 0.2) is 11.8 Å². The third kappa shape index (κ3) is 3.24. The molecule has 1 atom stereocenters. The number of carbonyl (C=O) groups is 2. The first-order valence-corrected chi connectivity index (χ1v) is 7.69. The van der Waals surface area contributed by atoms with Gasteiger partial charge in [0.2, 0.25) is 0 Å². The summed E-state index contributed by atoms with van der Waals surface area (Å²) in [7, 11) is 0. The predicted molar refractivity (Wildman–Crippen MR) is 86.0 cm³/mol. The molecule has 3 rings (SSSR count). The van der Waals surface area contributed by atoms with E-state index in [1.165, 1.54) is 27.8 Å². The van der Waals surface area contributed by atoms with Crippen molar-refractivity contribution in [2.45, 2.75) is 13.0 Å². The molecule has 1 unspecified atom stereocenters. The average Bonchev–Trinajstić information content (AvgIpc) is 3.02. The van der Waals surface area contributed by atoms with Crippen LogP contribution >= 0.6 is 0 Å². The van der Waals surface area contributed by atoms with Crippen LogP contribution in [0.4, 0.5) is 5.69 Å². The lowest BCUT2D eigenvalue weighted by molar-refractivity contribution is -0.384. The van der Waals surface area contributed by atoms with Crippen LogP contribution < -0.4 is 0 Å². The molecule has 2 aromatic rings. The summed E-state index contributed by atoms with van der Waals surface area (Å²) in [6.45, 7) is 1.88. The summed E-state index contributed by atoms with van der Waals surface area (Å²) >= 11 is 0. The number of carboxylic acid groups (broad SMARTS) is 1. The molecule has 0 saturated carbocycles. The fourth-order valence-corrected chi connectivity index (χ4v) is 2.64. The Balaban J connectivity index is 1.87. The Morgan fingerprint density at radius 2 is 2.19 bits per heavy atom. The van der Waals surface area contributed by atoms with Gasteiger partial charge in [0.25, 0.3) is 11.6 Å². The summed E-state index contributed by atoms with van der Waals surface area (Å²) in [5, 5.41) is 27.7. The van der Waals surface area contributed by atoms with E-state index in [0.29, 0.717) is 11.4 Å². The molecule has 1 fully saturated rings. The summed E-state index contributed by atoms with van der Waals surface area (Å²) in [6.07, 6.45) is -1.08. The van der Waals surface area contributed by atoms with Crippen LogP contribution in [0.1, 0.15) is 16.2 Å². The van der Waals surface area contributed by atoms with Crippen molar-refractivity contribution in [2.24, 2.45) is 0 Å².